The van der Waals surface area contributed by atoms with Crippen LogP contribution in [0.5, 0.6) is 0 Å². The lowest BCUT2D eigenvalue weighted by Crippen LogP contribution is -2.49. The minimum Gasteiger partial charge on any atom is -0.384 e. The average molecular weight is 348 g/mol. The SMILES string of the molecule is COCC1(CNC(=O)CNC(=O)Nc2cccc(C)c2)CCNCC1. The first-order valence-electron chi connectivity index (χ1n) is 8.61. The van der Waals surface area contributed by atoms with Crippen molar-refractivity contribution < 1.29 is 14.3 Å². The van der Waals surface area contributed by atoms with Gasteiger partial charge in [0.05, 0.1) is 13.2 Å². The first kappa shape index (κ1) is 19.2. The first-order chi connectivity index (χ1) is 12.0. The Labute approximate surface area is 148 Å². The van der Waals surface area contributed by atoms with Crippen LogP contribution in [0.4, 0.5) is 10.5 Å². The van der Waals surface area contributed by atoms with Crippen molar-refractivity contribution in [3.63, 3.8) is 0 Å². The molecule has 0 aromatic heterocycles. The summed E-state index contributed by atoms with van der Waals surface area (Å²) in [5.41, 5.74) is 1.73. The van der Waals surface area contributed by atoms with Crippen LogP contribution < -0.4 is 21.3 Å². The molecule has 7 heteroatoms. The van der Waals surface area contributed by atoms with Crippen LogP contribution in [0.3, 0.4) is 0 Å². The van der Waals surface area contributed by atoms with Crippen molar-refractivity contribution in [1.82, 2.24) is 16.0 Å². The number of amides is 3. The Kier molecular flexibility index (Phi) is 7.21. The fraction of sp³-hybridized carbons (Fsp3) is 0.556. The lowest BCUT2D eigenvalue weighted by molar-refractivity contribution is -0.121. The van der Waals surface area contributed by atoms with E-state index in [1.165, 1.54) is 0 Å². The molecular formula is C18H28N4O3. The maximum Gasteiger partial charge on any atom is 0.319 e. The van der Waals surface area contributed by atoms with Crippen molar-refractivity contribution in [3.8, 4) is 0 Å². The Morgan fingerprint density at radius 1 is 1.24 bits per heavy atom. The number of carbonyl (C=O) groups excluding carboxylic acids is 2. The van der Waals surface area contributed by atoms with Crippen LogP contribution in [0, 0.1) is 12.3 Å². The molecule has 0 atom stereocenters. The molecular weight excluding hydrogens is 320 g/mol. The van der Waals surface area contributed by atoms with E-state index in [4.69, 9.17) is 4.74 Å². The molecule has 3 amide bonds. The van der Waals surface area contributed by atoms with Gasteiger partial charge in [-0.3, -0.25) is 4.79 Å². The van der Waals surface area contributed by atoms with Gasteiger partial charge in [-0.15, -0.1) is 0 Å². The zero-order chi connectivity index (χ0) is 18.1. The van der Waals surface area contributed by atoms with E-state index in [9.17, 15) is 9.59 Å². The second kappa shape index (κ2) is 9.39. The minimum absolute atomic E-state index is 0.0283. The number of benzene rings is 1. The summed E-state index contributed by atoms with van der Waals surface area (Å²) >= 11 is 0. The van der Waals surface area contributed by atoms with Crippen LogP contribution in [-0.4, -0.2) is 51.8 Å². The number of ether oxygens (including phenoxy) is 1. The number of carbonyl (C=O) groups is 2. The summed E-state index contributed by atoms with van der Waals surface area (Å²) in [4.78, 5) is 23.9. The van der Waals surface area contributed by atoms with E-state index in [1.54, 1.807) is 13.2 Å². The molecule has 0 unspecified atom stereocenters. The third kappa shape index (κ3) is 6.36. The summed E-state index contributed by atoms with van der Waals surface area (Å²) in [6.07, 6.45) is 1.92. The van der Waals surface area contributed by atoms with Gasteiger partial charge in [-0.1, -0.05) is 12.1 Å². The third-order valence-corrected chi connectivity index (χ3v) is 4.46. The van der Waals surface area contributed by atoms with E-state index >= 15 is 0 Å². The summed E-state index contributed by atoms with van der Waals surface area (Å²) in [6.45, 7) is 4.93. The molecule has 1 aromatic rings. The highest BCUT2D eigenvalue weighted by Gasteiger charge is 2.32. The molecule has 25 heavy (non-hydrogen) atoms. The fourth-order valence-corrected chi connectivity index (χ4v) is 3.04. The molecule has 7 nitrogen and oxygen atoms in total. The number of aryl methyl sites for hydroxylation is 1. The molecule has 4 N–H and O–H groups in total. The molecule has 0 radical (unpaired) electrons. The van der Waals surface area contributed by atoms with Crippen LogP contribution in [0.15, 0.2) is 24.3 Å². The minimum atomic E-state index is -0.394. The van der Waals surface area contributed by atoms with Crippen LogP contribution in [0.2, 0.25) is 0 Å². The highest BCUT2D eigenvalue weighted by molar-refractivity contribution is 5.92. The lowest BCUT2D eigenvalue weighted by atomic mass is 9.79. The molecule has 1 aromatic carbocycles. The Hall–Kier alpha value is -2.12. The highest BCUT2D eigenvalue weighted by Crippen LogP contribution is 2.28. The van der Waals surface area contributed by atoms with Crippen LogP contribution >= 0.6 is 0 Å². The highest BCUT2D eigenvalue weighted by atomic mass is 16.5. The van der Waals surface area contributed by atoms with Crippen molar-refractivity contribution in [2.45, 2.75) is 19.8 Å². The van der Waals surface area contributed by atoms with Gasteiger partial charge in [0.15, 0.2) is 0 Å². The van der Waals surface area contributed by atoms with Gasteiger partial charge in [0.2, 0.25) is 5.91 Å². The van der Waals surface area contributed by atoms with Gasteiger partial charge >= 0.3 is 6.03 Å². The number of piperidine rings is 1. The smallest absolute Gasteiger partial charge is 0.319 e. The van der Waals surface area contributed by atoms with Crippen LogP contribution in [-0.2, 0) is 9.53 Å². The maximum atomic E-state index is 12.0. The fourth-order valence-electron chi connectivity index (χ4n) is 3.04. The summed E-state index contributed by atoms with van der Waals surface area (Å²) in [6, 6.07) is 7.09. The van der Waals surface area contributed by atoms with Gasteiger partial charge in [-0.05, 0) is 50.6 Å². The Morgan fingerprint density at radius 3 is 2.68 bits per heavy atom. The Morgan fingerprint density at radius 2 is 2.00 bits per heavy atom. The van der Waals surface area contributed by atoms with Crippen LogP contribution in [0.1, 0.15) is 18.4 Å². The molecule has 1 saturated heterocycles. The van der Waals surface area contributed by atoms with Gasteiger partial charge in [0, 0.05) is 24.8 Å². The topological polar surface area (TPSA) is 91.5 Å². The molecule has 0 aliphatic carbocycles. The van der Waals surface area contributed by atoms with Crippen molar-refractivity contribution in [2.75, 3.05) is 45.2 Å². The number of urea groups is 1. The molecule has 0 bridgehead atoms. The molecule has 1 aliphatic heterocycles. The van der Waals surface area contributed by atoms with E-state index in [1.807, 2.05) is 25.1 Å². The molecule has 1 fully saturated rings. The first-order valence-corrected chi connectivity index (χ1v) is 8.61. The van der Waals surface area contributed by atoms with Crippen LogP contribution in [0.25, 0.3) is 0 Å². The largest absolute Gasteiger partial charge is 0.384 e. The third-order valence-electron chi connectivity index (χ3n) is 4.46. The molecule has 2 rings (SSSR count). The standard InChI is InChI=1S/C18H28N4O3/c1-14-4-3-5-15(10-14)22-17(24)20-11-16(23)21-12-18(13-25-2)6-8-19-9-7-18/h3-5,10,19H,6-9,11-13H2,1-2H3,(H,21,23)(H2,20,22,24). The van der Waals surface area contributed by atoms with Crippen molar-refractivity contribution in [2.24, 2.45) is 5.41 Å². The zero-order valence-corrected chi connectivity index (χ0v) is 15.0. The second-order valence-corrected chi connectivity index (χ2v) is 6.64. The number of rotatable bonds is 7. The predicted molar refractivity (Wildman–Crippen MR) is 97.6 cm³/mol. The number of methoxy groups -OCH3 is 1. The number of nitrogens with one attached hydrogen (secondary N) is 4. The van der Waals surface area contributed by atoms with E-state index in [0.717, 1.165) is 31.5 Å². The monoisotopic (exact) mass is 348 g/mol. The normalized spacial score (nSPS) is 16.1. The lowest BCUT2D eigenvalue weighted by Gasteiger charge is -2.37. The number of anilines is 1. The predicted octanol–water partition coefficient (Wildman–Crippen LogP) is 1.25. The molecule has 1 aliphatic rings. The Bertz CT molecular complexity index is 580. The van der Waals surface area contributed by atoms with Gasteiger partial charge in [0.1, 0.15) is 0 Å². The average Bonchev–Trinajstić information content (AvgIpc) is 2.59. The van der Waals surface area contributed by atoms with Crippen molar-refractivity contribution in [1.29, 1.82) is 0 Å². The van der Waals surface area contributed by atoms with E-state index in [2.05, 4.69) is 21.3 Å². The Balaban J connectivity index is 1.73. The van der Waals surface area contributed by atoms with Gasteiger partial charge in [0.25, 0.3) is 0 Å². The van der Waals surface area contributed by atoms with E-state index in [0.29, 0.717) is 18.8 Å². The summed E-state index contributed by atoms with van der Waals surface area (Å²) in [7, 11) is 1.68. The molecule has 0 saturated carbocycles. The van der Waals surface area contributed by atoms with Gasteiger partial charge in [-0.25, -0.2) is 4.79 Å². The van der Waals surface area contributed by atoms with E-state index < -0.39 is 6.03 Å². The zero-order valence-electron chi connectivity index (χ0n) is 15.0. The number of hydrogen-bond acceptors (Lipinski definition) is 4. The quantitative estimate of drug-likeness (QED) is 0.597. The molecule has 138 valence electrons. The van der Waals surface area contributed by atoms with Crippen molar-refractivity contribution >= 4 is 17.6 Å². The number of hydrogen-bond donors (Lipinski definition) is 4. The maximum absolute atomic E-state index is 12.0. The summed E-state index contributed by atoms with van der Waals surface area (Å²) < 4.78 is 5.33. The molecule has 0 spiro atoms. The second-order valence-electron chi connectivity index (χ2n) is 6.64. The van der Waals surface area contributed by atoms with Gasteiger partial charge < -0.3 is 26.0 Å². The van der Waals surface area contributed by atoms with Crippen molar-refractivity contribution in [3.05, 3.63) is 29.8 Å². The van der Waals surface area contributed by atoms with Gasteiger partial charge in [-0.2, -0.15) is 0 Å². The summed E-state index contributed by atoms with van der Waals surface area (Å²) in [5, 5.41) is 11.5. The molecule has 1 heterocycles. The summed E-state index contributed by atoms with van der Waals surface area (Å²) in [5.74, 6) is -0.201. The van der Waals surface area contributed by atoms with E-state index in [-0.39, 0.29) is 17.9 Å².